The summed E-state index contributed by atoms with van der Waals surface area (Å²) in [5, 5.41) is 0. The highest BCUT2D eigenvalue weighted by atomic mass is 16.2. The molecule has 1 rings (SSSR count). The Morgan fingerprint density at radius 3 is 2.19 bits per heavy atom. The summed E-state index contributed by atoms with van der Waals surface area (Å²) < 4.78 is 0. The van der Waals surface area contributed by atoms with Crippen molar-refractivity contribution in [2.75, 3.05) is 24.2 Å². The molecule has 1 aromatic carbocycles. The van der Waals surface area contributed by atoms with Crippen molar-refractivity contribution < 1.29 is 0 Å². The van der Waals surface area contributed by atoms with Gasteiger partial charge in [-0.2, -0.15) is 0 Å². The second-order valence-corrected chi connectivity index (χ2v) is 5.51. The summed E-state index contributed by atoms with van der Waals surface area (Å²) in [5.41, 5.74) is 5.28. The Hall–Kier alpha value is -1.32. The van der Waals surface area contributed by atoms with Crippen LogP contribution in [0.2, 0.25) is 0 Å². The van der Waals surface area contributed by atoms with E-state index in [2.05, 4.69) is 20.8 Å². The van der Waals surface area contributed by atoms with Gasteiger partial charge in [0.05, 0.1) is 0 Å². The number of nitrogens with zero attached hydrogens (tertiary/aromatic N) is 1. The van der Waals surface area contributed by atoms with Crippen LogP contribution < -0.4 is 21.5 Å². The molecule has 2 N–H and O–H groups in total. The van der Waals surface area contributed by atoms with Crippen LogP contribution in [0.1, 0.15) is 33.6 Å². The van der Waals surface area contributed by atoms with Gasteiger partial charge in [-0.25, -0.2) is 0 Å². The Labute approximate surface area is 95.8 Å². The zero-order chi connectivity index (χ0) is 12.5. The highest BCUT2D eigenvalue weighted by molar-refractivity contribution is 5.72. The van der Waals surface area contributed by atoms with Crippen LogP contribution in [-0.4, -0.2) is 13.6 Å². The molecule has 16 heavy (non-hydrogen) atoms. The Balaban J connectivity index is 2.52. The van der Waals surface area contributed by atoms with Gasteiger partial charge in [0.15, 0.2) is 0 Å². The van der Waals surface area contributed by atoms with E-state index in [1.54, 1.807) is 11.9 Å². The molecule has 0 radical (unpaired) electrons. The van der Waals surface area contributed by atoms with Crippen molar-refractivity contribution in [3.8, 4) is 0 Å². The Morgan fingerprint density at radius 2 is 1.75 bits per heavy atom. The number of nitrogen functional groups attached to an aromatic ring is 1. The zero-order valence-electron chi connectivity index (χ0n) is 10.5. The molecule has 0 heterocycles. The Kier molecular flexibility index (Phi) is 3.41. The first-order valence-corrected chi connectivity index (χ1v) is 5.54. The van der Waals surface area contributed by atoms with Crippen LogP contribution >= 0.6 is 0 Å². The van der Waals surface area contributed by atoms with Gasteiger partial charge >= 0.3 is 0 Å². The van der Waals surface area contributed by atoms with Crippen LogP contribution in [0.4, 0.5) is 11.4 Å². The molecular formula is C12H20N2O2. The van der Waals surface area contributed by atoms with Crippen LogP contribution in [0, 0.1) is 5.41 Å². The lowest BCUT2D eigenvalue weighted by molar-refractivity contribution is 0.367. The zero-order valence-corrected chi connectivity index (χ0v) is 10.5. The second kappa shape index (κ2) is 4.28. The summed E-state index contributed by atoms with van der Waals surface area (Å²) in [6.45, 7) is 7.29. The van der Waals surface area contributed by atoms with Crippen LogP contribution in [0.25, 0.3) is 0 Å². The number of hydrogen-bond acceptors (Lipinski definition) is 4. The van der Waals surface area contributed by atoms with E-state index in [0.717, 1.165) is 19.4 Å². The molecule has 90 valence electrons. The molecule has 1 aromatic rings. The molecule has 0 spiro atoms. The van der Waals surface area contributed by atoms with E-state index in [1.165, 1.54) is 0 Å². The van der Waals surface area contributed by atoms with E-state index < -0.39 is 10.9 Å². The molecule has 0 aliphatic rings. The van der Waals surface area contributed by atoms with E-state index >= 15 is 0 Å². The molecule has 0 aliphatic heterocycles. The lowest BCUT2D eigenvalue weighted by Gasteiger charge is -2.24. The summed E-state index contributed by atoms with van der Waals surface area (Å²) in [6, 6.07) is 0. The fourth-order valence-corrected chi connectivity index (χ4v) is 1.73. The van der Waals surface area contributed by atoms with Gasteiger partial charge in [0.1, 0.15) is 11.4 Å². The topological polar surface area (TPSA) is 63.4 Å². The van der Waals surface area contributed by atoms with Crippen LogP contribution in [-0.2, 0) is 0 Å². The Bertz CT molecular complexity index is 436. The third-order valence-corrected chi connectivity index (χ3v) is 2.72. The van der Waals surface area contributed by atoms with E-state index in [9.17, 15) is 9.59 Å². The van der Waals surface area contributed by atoms with Gasteiger partial charge in [-0.15, -0.1) is 0 Å². The smallest absolute Gasteiger partial charge is 0.253 e. The predicted octanol–water partition coefficient (Wildman–Crippen LogP) is 1.13. The van der Waals surface area contributed by atoms with Gasteiger partial charge in [0.2, 0.25) is 0 Å². The molecular weight excluding hydrogens is 204 g/mol. The molecule has 0 saturated carbocycles. The quantitative estimate of drug-likeness (QED) is 0.779. The SMILES string of the molecule is CN(CCCC(C)(C)C)c1c(N)c(=O)c1=O. The van der Waals surface area contributed by atoms with Gasteiger partial charge in [0, 0.05) is 13.6 Å². The van der Waals surface area contributed by atoms with Gasteiger partial charge in [-0.1, -0.05) is 20.8 Å². The lowest BCUT2D eigenvalue weighted by atomic mass is 9.90. The summed E-state index contributed by atoms with van der Waals surface area (Å²) in [4.78, 5) is 24.0. The first-order chi connectivity index (χ1) is 7.24. The van der Waals surface area contributed by atoms with E-state index in [0.29, 0.717) is 11.1 Å². The van der Waals surface area contributed by atoms with Gasteiger partial charge in [0.25, 0.3) is 10.9 Å². The molecule has 0 amide bonds. The van der Waals surface area contributed by atoms with Crippen LogP contribution in [0.15, 0.2) is 9.59 Å². The maximum Gasteiger partial charge on any atom is 0.253 e. The van der Waals surface area contributed by atoms with Gasteiger partial charge in [-0.3, -0.25) is 9.59 Å². The Morgan fingerprint density at radius 1 is 1.19 bits per heavy atom. The van der Waals surface area contributed by atoms with Crippen molar-refractivity contribution in [1.82, 2.24) is 0 Å². The molecule has 0 atom stereocenters. The second-order valence-electron chi connectivity index (χ2n) is 5.51. The fourth-order valence-electron chi connectivity index (χ4n) is 1.73. The molecule has 4 nitrogen and oxygen atoms in total. The average molecular weight is 224 g/mol. The van der Waals surface area contributed by atoms with Crippen molar-refractivity contribution >= 4 is 11.4 Å². The van der Waals surface area contributed by atoms with Crippen molar-refractivity contribution in [3.63, 3.8) is 0 Å². The first kappa shape index (κ1) is 12.7. The standard InChI is InChI=1S/C12H20N2O2/c1-12(2,3)6-5-7-14(4)9-8(13)10(15)11(9)16/h5-7,13H2,1-4H3. The van der Waals surface area contributed by atoms with E-state index in [4.69, 9.17) is 5.73 Å². The highest BCUT2D eigenvalue weighted by Crippen LogP contribution is 2.22. The molecule has 0 aliphatic carbocycles. The van der Waals surface area contributed by atoms with Crippen molar-refractivity contribution in [2.24, 2.45) is 5.41 Å². The number of rotatable bonds is 4. The highest BCUT2D eigenvalue weighted by Gasteiger charge is 2.21. The van der Waals surface area contributed by atoms with Crippen LogP contribution in [0.5, 0.6) is 0 Å². The normalized spacial score (nSPS) is 12.0. The minimum atomic E-state index is -0.544. The first-order valence-electron chi connectivity index (χ1n) is 5.54. The minimum absolute atomic E-state index is 0.114. The lowest BCUT2D eigenvalue weighted by Crippen LogP contribution is -2.41. The van der Waals surface area contributed by atoms with Gasteiger partial charge < -0.3 is 10.6 Å². The molecule has 0 fully saturated rings. The number of anilines is 2. The molecule has 0 saturated heterocycles. The summed E-state index contributed by atoms with van der Waals surface area (Å²) >= 11 is 0. The monoisotopic (exact) mass is 224 g/mol. The number of nitrogens with two attached hydrogens (primary N) is 1. The maximum atomic E-state index is 11.2. The summed E-state index contributed by atoms with van der Waals surface area (Å²) in [6.07, 6.45) is 2.06. The largest absolute Gasteiger partial charge is 0.394 e. The molecule has 0 unspecified atom stereocenters. The van der Waals surface area contributed by atoms with Crippen LogP contribution in [0.3, 0.4) is 0 Å². The van der Waals surface area contributed by atoms with E-state index in [-0.39, 0.29) is 5.69 Å². The van der Waals surface area contributed by atoms with Crippen molar-refractivity contribution in [2.45, 2.75) is 33.6 Å². The van der Waals surface area contributed by atoms with Gasteiger partial charge in [-0.05, 0) is 18.3 Å². The van der Waals surface area contributed by atoms with Crippen molar-refractivity contribution in [3.05, 3.63) is 20.4 Å². The summed E-state index contributed by atoms with van der Waals surface area (Å²) in [7, 11) is 1.80. The maximum absolute atomic E-state index is 11.2. The third kappa shape index (κ3) is 2.62. The van der Waals surface area contributed by atoms with Crippen molar-refractivity contribution in [1.29, 1.82) is 0 Å². The fraction of sp³-hybridized carbons (Fsp3) is 0.667. The molecule has 4 heteroatoms. The summed E-state index contributed by atoms with van der Waals surface area (Å²) in [5.74, 6) is 0. The predicted molar refractivity (Wildman–Crippen MR) is 67.7 cm³/mol. The third-order valence-electron chi connectivity index (χ3n) is 2.72. The van der Waals surface area contributed by atoms with E-state index in [1.807, 2.05) is 0 Å². The average Bonchev–Trinajstić information content (AvgIpc) is 2.15. The molecule has 0 bridgehead atoms. The number of hydrogen-bond donors (Lipinski definition) is 1. The minimum Gasteiger partial charge on any atom is -0.394 e. The molecule has 0 aromatic heterocycles.